The lowest BCUT2D eigenvalue weighted by atomic mass is 9.78. The van der Waals surface area contributed by atoms with Crippen LogP contribution in [0.15, 0.2) is 0 Å². The molecule has 4 heteroatoms. The van der Waals surface area contributed by atoms with Crippen molar-refractivity contribution in [1.29, 1.82) is 0 Å². The molecule has 2 aliphatic rings. The summed E-state index contributed by atoms with van der Waals surface area (Å²) in [6, 6.07) is 0. The molecule has 2 aliphatic carbocycles. The molecule has 2 unspecified atom stereocenters. The van der Waals surface area contributed by atoms with E-state index >= 15 is 0 Å². The molecule has 2 atom stereocenters. The van der Waals surface area contributed by atoms with Gasteiger partial charge in [0.15, 0.2) is 5.82 Å². The normalized spacial score (nSPS) is 29.2. The molecule has 1 aromatic rings. The van der Waals surface area contributed by atoms with Crippen molar-refractivity contribution < 1.29 is 4.74 Å². The molecule has 21 heavy (non-hydrogen) atoms. The van der Waals surface area contributed by atoms with Crippen LogP contribution in [0.25, 0.3) is 0 Å². The van der Waals surface area contributed by atoms with Crippen LogP contribution in [0, 0.1) is 5.92 Å². The van der Waals surface area contributed by atoms with Crippen molar-refractivity contribution in [2.45, 2.75) is 70.8 Å². The van der Waals surface area contributed by atoms with Crippen molar-refractivity contribution in [1.82, 2.24) is 9.97 Å². The number of aryl methyl sites for hydroxylation is 1. The van der Waals surface area contributed by atoms with Crippen LogP contribution in [0.2, 0.25) is 5.15 Å². The maximum absolute atomic E-state index is 6.46. The highest BCUT2D eigenvalue weighted by molar-refractivity contribution is 6.30. The van der Waals surface area contributed by atoms with Crippen molar-refractivity contribution >= 4 is 11.6 Å². The summed E-state index contributed by atoms with van der Waals surface area (Å²) in [5.74, 6) is 1.49. The molecule has 0 bridgehead atoms. The first-order chi connectivity index (χ1) is 10.1. The van der Waals surface area contributed by atoms with Gasteiger partial charge in [0, 0.05) is 17.9 Å². The minimum atomic E-state index is -0.317. The number of halogens is 1. The molecule has 0 saturated heterocycles. The zero-order chi connectivity index (χ0) is 14.9. The van der Waals surface area contributed by atoms with E-state index in [0.717, 1.165) is 37.2 Å². The van der Waals surface area contributed by atoms with Crippen molar-refractivity contribution in [2.24, 2.45) is 5.92 Å². The SMILES string of the molecule is CCOC1(c2nc(Cl)c3c(n2)CCCC3)CCCC(C)C1. The van der Waals surface area contributed by atoms with Crippen LogP contribution in [0.3, 0.4) is 0 Å². The number of ether oxygens (including phenoxy) is 1. The largest absolute Gasteiger partial charge is 0.367 e. The van der Waals surface area contributed by atoms with Gasteiger partial charge in [-0.2, -0.15) is 0 Å². The number of rotatable bonds is 3. The molecule has 3 nitrogen and oxygen atoms in total. The van der Waals surface area contributed by atoms with Crippen LogP contribution in [-0.2, 0) is 23.2 Å². The Morgan fingerprint density at radius 3 is 2.81 bits per heavy atom. The lowest BCUT2D eigenvalue weighted by Gasteiger charge is -2.39. The Labute approximate surface area is 132 Å². The summed E-state index contributed by atoms with van der Waals surface area (Å²) in [5, 5.41) is 0.659. The Hall–Kier alpha value is -0.670. The highest BCUT2D eigenvalue weighted by Gasteiger charge is 2.40. The van der Waals surface area contributed by atoms with Gasteiger partial charge in [-0.15, -0.1) is 0 Å². The van der Waals surface area contributed by atoms with E-state index in [1.54, 1.807) is 0 Å². The second-order valence-corrected chi connectivity index (χ2v) is 6.96. The molecular formula is C17H25ClN2O. The van der Waals surface area contributed by atoms with Crippen molar-refractivity contribution in [3.8, 4) is 0 Å². The maximum Gasteiger partial charge on any atom is 0.162 e. The van der Waals surface area contributed by atoms with Gasteiger partial charge in [0.25, 0.3) is 0 Å². The van der Waals surface area contributed by atoms with E-state index in [2.05, 4.69) is 18.8 Å². The molecule has 1 fully saturated rings. The Bertz CT molecular complexity index is 516. The fourth-order valence-electron chi connectivity index (χ4n) is 3.93. The van der Waals surface area contributed by atoms with Gasteiger partial charge in [-0.3, -0.25) is 0 Å². The first kappa shape index (κ1) is 15.2. The number of aromatic nitrogens is 2. The van der Waals surface area contributed by atoms with Gasteiger partial charge in [-0.1, -0.05) is 24.9 Å². The predicted octanol–water partition coefficient (Wildman–Crippen LogP) is 4.45. The van der Waals surface area contributed by atoms with Crippen LogP contribution < -0.4 is 0 Å². The third-order valence-electron chi connectivity index (χ3n) is 4.92. The minimum Gasteiger partial charge on any atom is -0.367 e. The molecule has 0 N–H and O–H groups in total. The van der Waals surface area contributed by atoms with Crippen LogP contribution in [0.5, 0.6) is 0 Å². The smallest absolute Gasteiger partial charge is 0.162 e. The van der Waals surface area contributed by atoms with Crippen LogP contribution in [0.4, 0.5) is 0 Å². The van der Waals surface area contributed by atoms with Gasteiger partial charge in [0.1, 0.15) is 10.8 Å². The van der Waals surface area contributed by atoms with Gasteiger partial charge < -0.3 is 4.74 Å². The highest BCUT2D eigenvalue weighted by atomic mass is 35.5. The Balaban J connectivity index is 2.01. The zero-order valence-corrected chi connectivity index (χ0v) is 13.9. The summed E-state index contributed by atoms with van der Waals surface area (Å²) in [7, 11) is 0. The summed E-state index contributed by atoms with van der Waals surface area (Å²) in [5.41, 5.74) is 2.01. The quantitative estimate of drug-likeness (QED) is 0.774. The average molecular weight is 309 g/mol. The van der Waals surface area contributed by atoms with E-state index in [9.17, 15) is 0 Å². The summed E-state index contributed by atoms with van der Waals surface area (Å²) in [6.07, 6.45) is 8.93. The van der Waals surface area contributed by atoms with E-state index in [1.807, 2.05) is 0 Å². The first-order valence-electron chi connectivity index (χ1n) is 8.34. The molecule has 1 saturated carbocycles. The number of fused-ring (bicyclic) bond motifs is 1. The molecule has 0 amide bonds. The Kier molecular flexibility index (Phi) is 4.51. The standard InChI is InChI=1S/C17H25ClN2O/c1-3-21-17(10-6-7-12(2)11-17)16-19-14-9-5-4-8-13(14)15(18)20-16/h12H,3-11H2,1-2H3. The van der Waals surface area contributed by atoms with Gasteiger partial charge in [-0.05, 0) is 57.8 Å². The number of hydrogen-bond acceptors (Lipinski definition) is 3. The summed E-state index contributed by atoms with van der Waals surface area (Å²) < 4.78 is 6.19. The third kappa shape index (κ3) is 2.95. The molecule has 3 rings (SSSR count). The van der Waals surface area contributed by atoms with Crippen molar-refractivity contribution in [2.75, 3.05) is 6.61 Å². The summed E-state index contributed by atoms with van der Waals surface area (Å²) >= 11 is 6.46. The lowest BCUT2D eigenvalue weighted by Crippen LogP contribution is -2.37. The molecule has 0 aromatic carbocycles. The second-order valence-electron chi connectivity index (χ2n) is 6.60. The van der Waals surface area contributed by atoms with Gasteiger partial charge in [-0.25, -0.2) is 9.97 Å². The average Bonchev–Trinajstić information content (AvgIpc) is 2.47. The van der Waals surface area contributed by atoms with Crippen LogP contribution >= 0.6 is 11.6 Å². The Morgan fingerprint density at radius 2 is 2.05 bits per heavy atom. The maximum atomic E-state index is 6.46. The monoisotopic (exact) mass is 308 g/mol. The minimum absolute atomic E-state index is 0.317. The van der Waals surface area contributed by atoms with Crippen LogP contribution in [-0.4, -0.2) is 16.6 Å². The molecule has 116 valence electrons. The third-order valence-corrected chi connectivity index (χ3v) is 5.23. The number of hydrogen-bond donors (Lipinski definition) is 0. The zero-order valence-electron chi connectivity index (χ0n) is 13.1. The molecule has 1 heterocycles. The fraction of sp³-hybridized carbons (Fsp3) is 0.765. The molecule has 0 radical (unpaired) electrons. The van der Waals surface area contributed by atoms with Gasteiger partial charge in [0.05, 0.1) is 0 Å². The van der Waals surface area contributed by atoms with E-state index in [4.69, 9.17) is 21.3 Å². The van der Waals surface area contributed by atoms with E-state index < -0.39 is 0 Å². The van der Waals surface area contributed by atoms with Crippen molar-refractivity contribution in [3.63, 3.8) is 0 Å². The molecular weight excluding hydrogens is 284 g/mol. The molecule has 0 aliphatic heterocycles. The number of nitrogens with zero attached hydrogens (tertiary/aromatic N) is 2. The first-order valence-corrected chi connectivity index (χ1v) is 8.72. The van der Waals surface area contributed by atoms with E-state index in [1.165, 1.54) is 31.2 Å². The summed E-state index contributed by atoms with van der Waals surface area (Å²) in [6.45, 7) is 5.05. The molecule has 1 aromatic heterocycles. The van der Waals surface area contributed by atoms with Crippen LogP contribution in [0.1, 0.15) is 69.5 Å². The fourth-order valence-corrected chi connectivity index (χ4v) is 4.21. The predicted molar refractivity (Wildman–Crippen MR) is 84.6 cm³/mol. The highest BCUT2D eigenvalue weighted by Crippen LogP contribution is 2.42. The van der Waals surface area contributed by atoms with E-state index in [0.29, 0.717) is 17.7 Å². The lowest BCUT2D eigenvalue weighted by molar-refractivity contribution is -0.0882. The Morgan fingerprint density at radius 1 is 1.24 bits per heavy atom. The topological polar surface area (TPSA) is 35.0 Å². The van der Waals surface area contributed by atoms with Gasteiger partial charge in [0.2, 0.25) is 0 Å². The summed E-state index contributed by atoms with van der Waals surface area (Å²) in [4.78, 5) is 9.57. The molecule has 0 spiro atoms. The van der Waals surface area contributed by atoms with Crippen molar-refractivity contribution in [3.05, 3.63) is 22.2 Å². The van der Waals surface area contributed by atoms with Gasteiger partial charge >= 0.3 is 0 Å². The van der Waals surface area contributed by atoms with E-state index in [-0.39, 0.29) is 5.60 Å². The second kappa shape index (κ2) is 6.21.